The van der Waals surface area contributed by atoms with Gasteiger partial charge in [-0.2, -0.15) is 0 Å². The monoisotopic (exact) mass is 291 g/mol. The van der Waals surface area contributed by atoms with E-state index in [0.717, 1.165) is 5.56 Å². The Morgan fingerprint density at radius 3 is 2.90 bits per heavy atom. The van der Waals surface area contributed by atoms with Crippen LogP contribution in [0.2, 0.25) is 5.02 Å². The lowest BCUT2D eigenvalue weighted by Gasteiger charge is -2.07. The van der Waals surface area contributed by atoms with E-state index in [1.54, 1.807) is 43.6 Å². The van der Waals surface area contributed by atoms with E-state index < -0.39 is 0 Å². The first-order chi connectivity index (χ1) is 9.60. The van der Waals surface area contributed by atoms with E-state index in [9.17, 15) is 4.79 Å². The average molecular weight is 292 g/mol. The summed E-state index contributed by atoms with van der Waals surface area (Å²) in [6, 6.07) is 8.34. The lowest BCUT2D eigenvalue weighted by Crippen LogP contribution is -2.22. The Hall–Kier alpha value is -2.27. The Kier molecular flexibility index (Phi) is 4.42. The molecule has 3 N–H and O–H groups in total. The number of rotatable bonds is 4. The van der Waals surface area contributed by atoms with Crippen molar-refractivity contribution in [1.29, 1.82) is 0 Å². The number of nitrogens with one attached hydrogen (secondary N) is 1. The predicted molar refractivity (Wildman–Crippen MR) is 77.8 cm³/mol. The maximum Gasteiger partial charge on any atom is 0.251 e. The second-order valence-electron chi connectivity index (χ2n) is 4.13. The highest BCUT2D eigenvalue weighted by Gasteiger charge is 2.07. The Morgan fingerprint density at radius 2 is 2.20 bits per heavy atom. The van der Waals surface area contributed by atoms with E-state index in [0.29, 0.717) is 28.7 Å². The van der Waals surface area contributed by atoms with Gasteiger partial charge in [0.2, 0.25) is 5.88 Å². The second-order valence-corrected chi connectivity index (χ2v) is 4.53. The standard InChI is InChI=1S/C14H14ClN3O2/c1-20-13-6-9(4-5-17-13)8-18-14(19)10-2-3-11(15)12(16)7-10/h2-7H,8,16H2,1H3,(H,18,19). The number of hydrogen-bond acceptors (Lipinski definition) is 4. The molecular formula is C14H14ClN3O2. The maximum atomic E-state index is 12.0. The topological polar surface area (TPSA) is 77.2 Å². The van der Waals surface area contributed by atoms with E-state index in [4.69, 9.17) is 22.1 Å². The van der Waals surface area contributed by atoms with Gasteiger partial charge >= 0.3 is 0 Å². The number of nitrogens with zero attached hydrogens (tertiary/aromatic N) is 1. The number of benzene rings is 1. The number of anilines is 1. The summed E-state index contributed by atoms with van der Waals surface area (Å²) in [7, 11) is 1.54. The Labute approximate surface area is 121 Å². The van der Waals surface area contributed by atoms with Gasteiger partial charge in [-0.1, -0.05) is 11.6 Å². The van der Waals surface area contributed by atoms with Crippen LogP contribution in [0.5, 0.6) is 5.88 Å². The molecule has 0 atom stereocenters. The number of aromatic nitrogens is 1. The highest BCUT2D eigenvalue weighted by Crippen LogP contribution is 2.19. The molecule has 0 saturated carbocycles. The molecule has 0 aliphatic carbocycles. The summed E-state index contributed by atoms with van der Waals surface area (Å²) in [5.74, 6) is 0.289. The number of nitrogens with two attached hydrogens (primary N) is 1. The third-order valence-corrected chi connectivity index (χ3v) is 3.06. The molecule has 1 aromatic carbocycles. The summed E-state index contributed by atoms with van der Waals surface area (Å²) in [6.07, 6.45) is 1.63. The first-order valence-electron chi connectivity index (χ1n) is 5.92. The minimum Gasteiger partial charge on any atom is -0.481 e. The molecule has 1 aromatic heterocycles. The normalized spacial score (nSPS) is 10.1. The Bertz CT molecular complexity index is 632. The zero-order chi connectivity index (χ0) is 14.5. The molecule has 1 amide bonds. The van der Waals surface area contributed by atoms with Crippen LogP contribution in [0, 0.1) is 0 Å². The van der Waals surface area contributed by atoms with Gasteiger partial charge in [0.1, 0.15) is 0 Å². The van der Waals surface area contributed by atoms with Crippen LogP contribution in [0.1, 0.15) is 15.9 Å². The summed E-state index contributed by atoms with van der Waals surface area (Å²) < 4.78 is 5.02. The number of carbonyl (C=O) groups excluding carboxylic acids is 1. The van der Waals surface area contributed by atoms with Crippen LogP contribution in [0.4, 0.5) is 5.69 Å². The van der Waals surface area contributed by atoms with Gasteiger partial charge < -0.3 is 15.8 Å². The minimum absolute atomic E-state index is 0.218. The number of hydrogen-bond donors (Lipinski definition) is 2. The molecule has 0 fully saturated rings. The lowest BCUT2D eigenvalue weighted by atomic mass is 10.2. The number of amides is 1. The molecule has 5 nitrogen and oxygen atoms in total. The molecule has 0 radical (unpaired) electrons. The molecule has 6 heteroatoms. The molecule has 1 heterocycles. The van der Waals surface area contributed by atoms with Crippen LogP contribution in [-0.2, 0) is 6.54 Å². The van der Waals surface area contributed by atoms with Crippen molar-refractivity contribution in [2.45, 2.75) is 6.54 Å². The van der Waals surface area contributed by atoms with E-state index >= 15 is 0 Å². The molecule has 0 aliphatic heterocycles. The fourth-order valence-corrected chi connectivity index (χ4v) is 1.76. The van der Waals surface area contributed by atoms with E-state index in [2.05, 4.69) is 10.3 Å². The van der Waals surface area contributed by atoms with Crippen LogP contribution >= 0.6 is 11.6 Å². The van der Waals surface area contributed by atoms with Crippen molar-refractivity contribution < 1.29 is 9.53 Å². The van der Waals surface area contributed by atoms with Gasteiger partial charge in [-0.15, -0.1) is 0 Å². The highest BCUT2D eigenvalue weighted by molar-refractivity contribution is 6.33. The first kappa shape index (κ1) is 14.1. The fraction of sp³-hybridized carbons (Fsp3) is 0.143. The van der Waals surface area contributed by atoms with E-state index in [-0.39, 0.29) is 5.91 Å². The van der Waals surface area contributed by atoms with Crippen molar-refractivity contribution >= 4 is 23.2 Å². The van der Waals surface area contributed by atoms with Gasteiger partial charge in [-0.3, -0.25) is 4.79 Å². The van der Waals surface area contributed by atoms with Gasteiger partial charge in [0.25, 0.3) is 5.91 Å². The molecule has 0 spiro atoms. The van der Waals surface area contributed by atoms with E-state index in [1.165, 1.54) is 0 Å². The summed E-state index contributed by atoms with van der Waals surface area (Å²) in [5, 5.41) is 3.22. The molecular weight excluding hydrogens is 278 g/mol. The first-order valence-corrected chi connectivity index (χ1v) is 6.30. The van der Waals surface area contributed by atoms with Gasteiger partial charge in [0, 0.05) is 24.4 Å². The number of ether oxygens (including phenoxy) is 1. The third kappa shape index (κ3) is 3.39. The summed E-state index contributed by atoms with van der Waals surface area (Å²) >= 11 is 5.81. The molecule has 0 unspecified atom stereocenters. The number of halogens is 1. The van der Waals surface area contributed by atoms with Crippen molar-refractivity contribution in [3.63, 3.8) is 0 Å². The zero-order valence-corrected chi connectivity index (χ0v) is 11.6. The number of carbonyl (C=O) groups is 1. The number of nitrogen functional groups attached to an aromatic ring is 1. The molecule has 2 rings (SSSR count). The van der Waals surface area contributed by atoms with Gasteiger partial charge in [-0.05, 0) is 29.8 Å². The van der Waals surface area contributed by atoms with Crippen LogP contribution in [-0.4, -0.2) is 18.0 Å². The van der Waals surface area contributed by atoms with E-state index in [1.807, 2.05) is 0 Å². The highest BCUT2D eigenvalue weighted by atomic mass is 35.5. The summed E-state index contributed by atoms with van der Waals surface area (Å²) in [6.45, 7) is 0.375. The molecule has 0 saturated heterocycles. The minimum atomic E-state index is -0.218. The van der Waals surface area contributed by atoms with Crippen LogP contribution in [0.3, 0.4) is 0 Å². The van der Waals surface area contributed by atoms with Crippen LogP contribution in [0.15, 0.2) is 36.5 Å². The average Bonchev–Trinajstić information content (AvgIpc) is 2.47. The van der Waals surface area contributed by atoms with Crippen LogP contribution in [0.25, 0.3) is 0 Å². The van der Waals surface area contributed by atoms with Crippen molar-refractivity contribution in [2.75, 3.05) is 12.8 Å². The third-order valence-electron chi connectivity index (χ3n) is 2.72. The predicted octanol–water partition coefficient (Wildman–Crippen LogP) is 2.26. The van der Waals surface area contributed by atoms with Crippen molar-refractivity contribution in [1.82, 2.24) is 10.3 Å². The van der Waals surface area contributed by atoms with Crippen LogP contribution < -0.4 is 15.8 Å². The zero-order valence-electron chi connectivity index (χ0n) is 10.9. The van der Waals surface area contributed by atoms with Crippen molar-refractivity contribution in [3.8, 4) is 5.88 Å². The lowest BCUT2D eigenvalue weighted by molar-refractivity contribution is 0.0951. The summed E-state index contributed by atoms with van der Waals surface area (Å²) in [5.41, 5.74) is 7.41. The second kappa shape index (κ2) is 6.25. The van der Waals surface area contributed by atoms with Gasteiger partial charge in [0.15, 0.2) is 0 Å². The quantitative estimate of drug-likeness (QED) is 0.847. The fourth-order valence-electron chi connectivity index (χ4n) is 1.64. The SMILES string of the molecule is COc1cc(CNC(=O)c2ccc(Cl)c(N)c2)ccn1. The van der Waals surface area contributed by atoms with Crippen molar-refractivity contribution in [2.24, 2.45) is 0 Å². The molecule has 0 bridgehead atoms. The number of methoxy groups -OCH3 is 1. The molecule has 20 heavy (non-hydrogen) atoms. The van der Waals surface area contributed by atoms with Gasteiger partial charge in [-0.25, -0.2) is 4.98 Å². The maximum absolute atomic E-state index is 12.0. The largest absolute Gasteiger partial charge is 0.481 e. The molecule has 0 aliphatic rings. The van der Waals surface area contributed by atoms with Crippen molar-refractivity contribution in [3.05, 3.63) is 52.7 Å². The summed E-state index contributed by atoms with van der Waals surface area (Å²) in [4.78, 5) is 16.0. The number of pyridine rings is 1. The molecule has 104 valence electrons. The smallest absolute Gasteiger partial charge is 0.251 e. The Morgan fingerprint density at radius 1 is 1.40 bits per heavy atom. The van der Waals surface area contributed by atoms with Gasteiger partial charge in [0.05, 0.1) is 17.8 Å². The molecule has 2 aromatic rings. The Balaban J connectivity index is 2.02.